The SMILES string of the molecule is CCCc1ccc(-c2ccc(CCc3ccc4c(c3F)OC(=O)C(C)C4)cc2)cc1. The number of hydrogen-bond donors (Lipinski definition) is 0. The third-order valence-electron chi connectivity index (χ3n) is 5.85. The summed E-state index contributed by atoms with van der Waals surface area (Å²) in [6, 6.07) is 20.9. The summed E-state index contributed by atoms with van der Waals surface area (Å²) in [7, 11) is 0. The van der Waals surface area contributed by atoms with Crippen LogP contribution in [0.15, 0.2) is 60.7 Å². The van der Waals surface area contributed by atoms with Crippen LogP contribution in [0.1, 0.15) is 42.5 Å². The van der Waals surface area contributed by atoms with Gasteiger partial charge in [-0.15, -0.1) is 0 Å². The minimum absolute atomic E-state index is 0.123. The van der Waals surface area contributed by atoms with Crippen LogP contribution < -0.4 is 4.74 Å². The van der Waals surface area contributed by atoms with Crippen LogP contribution in [0.25, 0.3) is 11.1 Å². The van der Waals surface area contributed by atoms with Crippen LogP contribution in [0.3, 0.4) is 0 Å². The van der Waals surface area contributed by atoms with E-state index in [9.17, 15) is 9.18 Å². The Labute approximate surface area is 177 Å². The van der Waals surface area contributed by atoms with Crippen molar-refractivity contribution in [2.75, 3.05) is 0 Å². The van der Waals surface area contributed by atoms with E-state index in [4.69, 9.17) is 4.74 Å². The highest BCUT2D eigenvalue weighted by atomic mass is 19.1. The molecule has 0 aromatic heterocycles. The van der Waals surface area contributed by atoms with Crippen LogP contribution in [-0.2, 0) is 30.5 Å². The van der Waals surface area contributed by atoms with Gasteiger partial charge in [-0.25, -0.2) is 4.39 Å². The number of ether oxygens (including phenoxy) is 1. The maximum absolute atomic E-state index is 14.9. The highest BCUT2D eigenvalue weighted by Crippen LogP contribution is 2.33. The summed E-state index contributed by atoms with van der Waals surface area (Å²) in [5, 5.41) is 0. The van der Waals surface area contributed by atoms with Crippen LogP contribution in [0.4, 0.5) is 4.39 Å². The number of rotatable bonds is 6. The first-order valence-electron chi connectivity index (χ1n) is 10.8. The molecule has 0 fully saturated rings. The van der Waals surface area contributed by atoms with E-state index in [2.05, 4.69) is 55.5 Å². The van der Waals surface area contributed by atoms with Gasteiger partial charge in [0.05, 0.1) is 5.92 Å². The fraction of sp³-hybridized carbons (Fsp3) is 0.296. The van der Waals surface area contributed by atoms with Crippen molar-refractivity contribution >= 4 is 5.97 Å². The lowest BCUT2D eigenvalue weighted by Crippen LogP contribution is -2.26. The Kier molecular flexibility index (Phi) is 5.98. The lowest BCUT2D eigenvalue weighted by Gasteiger charge is -2.22. The topological polar surface area (TPSA) is 26.3 Å². The lowest BCUT2D eigenvalue weighted by molar-refractivity contribution is -0.139. The molecule has 1 aliphatic heterocycles. The second-order valence-electron chi connectivity index (χ2n) is 8.20. The summed E-state index contributed by atoms with van der Waals surface area (Å²) in [5.74, 6) is -0.838. The number of fused-ring (bicyclic) bond motifs is 1. The zero-order chi connectivity index (χ0) is 21.1. The summed E-state index contributed by atoms with van der Waals surface area (Å²) in [4.78, 5) is 11.8. The Morgan fingerprint density at radius 2 is 1.47 bits per heavy atom. The van der Waals surface area contributed by atoms with Gasteiger partial charge < -0.3 is 4.74 Å². The molecule has 0 saturated carbocycles. The van der Waals surface area contributed by atoms with E-state index < -0.39 is 5.82 Å². The Morgan fingerprint density at radius 1 is 0.867 bits per heavy atom. The number of hydrogen-bond acceptors (Lipinski definition) is 2. The Hall–Kier alpha value is -2.94. The van der Waals surface area contributed by atoms with E-state index >= 15 is 0 Å². The minimum atomic E-state index is -0.392. The first-order valence-corrected chi connectivity index (χ1v) is 10.8. The van der Waals surface area contributed by atoms with Crippen LogP contribution in [0, 0.1) is 11.7 Å². The second-order valence-corrected chi connectivity index (χ2v) is 8.20. The van der Waals surface area contributed by atoms with Crippen LogP contribution in [-0.4, -0.2) is 5.97 Å². The maximum Gasteiger partial charge on any atom is 0.314 e. The van der Waals surface area contributed by atoms with Crippen molar-refractivity contribution in [2.24, 2.45) is 5.92 Å². The molecular weight excluding hydrogens is 375 g/mol. The zero-order valence-electron chi connectivity index (χ0n) is 17.6. The molecule has 4 rings (SSSR count). The lowest BCUT2D eigenvalue weighted by atomic mass is 9.94. The molecule has 1 heterocycles. The standard InChI is InChI=1S/C27H27FO2/c1-3-4-19-5-10-21(11-6-19)22-12-7-20(8-13-22)9-14-23-15-16-24-17-18(2)27(29)30-26(24)25(23)28/h5-8,10-13,15-16,18H,3-4,9,14,17H2,1-2H3. The number of carbonyl (C=O) groups excluding carboxylic acids is 1. The van der Waals surface area contributed by atoms with E-state index in [0.717, 1.165) is 30.4 Å². The molecule has 1 atom stereocenters. The van der Waals surface area contributed by atoms with Crippen molar-refractivity contribution in [1.82, 2.24) is 0 Å². The molecule has 0 bridgehead atoms. The smallest absolute Gasteiger partial charge is 0.314 e. The highest BCUT2D eigenvalue weighted by molar-refractivity contribution is 5.77. The largest absolute Gasteiger partial charge is 0.423 e. The summed E-state index contributed by atoms with van der Waals surface area (Å²) < 4.78 is 20.1. The summed E-state index contributed by atoms with van der Waals surface area (Å²) >= 11 is 0. The minimum Gasteiger partial charge on any atom is -0.423 e. The molecule has 154 valence electrons. The molecule has 0 saturated heterocycles. The summed E-state index contributed by atoms with van der Waals surface area (Å²) in [5.41, 5.74) is 6.28. The van der Waals surface area contributed by atoms with Crippen molar-refractivity contribution in [2.45, 2.75) is 46.0 Å². The van der Waals surface area contributed by atoms with Crippen molar-refractivity contribution in [3.8, 4) is 16.9 Å². The van der Waals surface area contributed by atoms with E-state index in [0.29, 0.717) is 18.4 Å². The van der Waals surface area contributed by atoms with Crippen LogP contribution >= 0.6 is 0 Å². The van der Waals surface area contributed by atoms with Gasteiger partial charge in [0.1, 0.15) is 0 Å². The molecule has 0 amide bonds. The number of halogens is 1. The molecule has 2 nitrogen and oxygen atoms in total. The van der Waals surface area contributed by atoms with E-state index in [1.807, 2.05) is 12.1 Å². The van der Waals surface area contributed by atoms with Gasteiger partial charge in [0.25, 0.3) is 0 Å². The normalized spacial score (nSPS) is 15.6. The van der Waals surface area contributed by atoms with Gasteiger partial charge in [-0.1, -0.05) is 80.9 Å². The van der Waals surface area contributed by atoms with Gasteiger partial charge >= 0.3 is 5.97 Å². The fourth-order valence-corrected chi connectivity index (χ4v) is 4.01. The molecule has 0 radical (unpaired) electrons. The van der Waals surface area contributed by atoms with E-state index in [-0.39, 0.29) is 17.6 Å². The maximum atomic E-state index is 14.9. The molecule has 3 aromatic rings. The Morgan fingerprint density at radius 3 is 2.07 bits per heavy atom. The second kappa shape index (κ2) is 8.83. The Bertz CT molecular complexity index is 1040. The zero-order valence-corrected chi connectivity index (χ0v) is 17.6. The van der Waals surface area contributed by atoms with Gasteiger partial charge in [-0.05, 0) is 59.1 Å². The third-order valence-corrected chi connectivity index (χ3v) is 5.85. The van der Waals surface area contributed by atoms with Crippen molar-refractivity contribution < 1.29 is 13.9 Å². The molecule has 30 heavy (non-hydrogen) atoms. The molecule has 0 spiro atoms. The van der Waals surface area contributed by atoms with E-state index in [1.54, 1.807) is 6.92 Å². The number of carbonyl (C=O) groups is 1. The average molecular weight is 403 g/mol. The molecule has 3 aromatic carbocycles. The van der Waals surface area contributed by atoms with Crippen molar-refractivity contribution in [1.29, 1.82) is 0 Å². The predicted octanol–water partition coefficient (Wildman–Crippen LogP) is 6.33. The quantitative estimate of drug-likeness (QED) is 0.356. The third kappa shape index (κ3) is 4.30. The Balaban J connectivity index is 1.43. The molecular formula is C27H27FO2. The predicted molar refractivity (Wildman–Crippen MR) is 118 cm³/mol. The van der Waals surface area contributed by atoms with E-state index in [1.165, 1.54) is 16.7 Å². The van der Waals surface area contributed by atoms with Gasteiger partial charge in [0.15, 0.2) is 11.6 Å². The molecule has 1 aliphatic rings. The molecule has 1 unspecified atom stereocenters. The van der Waals surface area contributed by atoms with Gasteiger partial charge in [0, 0.05) is 0 Å². The number of benzene rings is 3. The van der Waals surface area contributed by atoms with Gasteiger partial charge in [-0.3, -0.25) is 4.79 Å². The van der Waals surface area contributed by atoms with Gasteiger partial charge in [0.2, 0.25) is 0 Å². The summed E-state index contributed by atoms with van der Waals surface area (Å²) in [6.45, 7) is 4.00. The first-order chi connectivity index (χ1) is 14.5. The van der Waals surface area contributed by atoms with Crippen LogP contribution in [0.2, 0.25) is 0 Å². The van der Waals surface area contributed by atoms with Gasteiger partial charge in [-0.2, -0.15) is 0 Å². The number of aryl methyl sites for hydroxylation is 3. The number of esters is 1. The monoisotopic (exact) mass is 402 g/mol. The average Bonchev–Trinajstić information content (AvgIpc) is 2.76. The van der Waals surface area contributed by atoms with Crippen LogP contribution in [0.5, 0.6) is 5.75 Å². The van der Waals surface area contributed by atoms with Crippen molar-refractivity contribution in [3.63, 3.8) is 0 Å². The highest BCUT2D eigenvalue weighted by Gasteiger charge is 2.28. The first kappa shape index (κ1) is 20.3. The molecule has 0 aliphatic carbocycles. The summed E-state index contributed by atoms with van der Waals surface area (Å²) in [6.07, 6.45) is 4.09. The molecule has 0 N–H and O–H groups in total. The molecule has 3 heteroatoms. The fourth-order valence-electron chi connectivity index (χ4n) is 4.01. The van der Waals surface area contributed by atoms with Crippen molar-refractivity contribution in [3.05, 3.63) is 88.7 Å².